The van der Waals surface area contributed by atoms with Crippen LogP contribution in [0.1, 0.15) is 18.1 Å². The quantitative estimate of drug-likeness (QED) is 0.437. The molecule has 0 fully saturated rings. The smallest absolute Gasteiger partial charge is 0.387 e. The third-order valence-corrected chi connectivity index (χ3v) is 4.70. The first-order valence-electron chi connectivity index (χ1n) is 7.46. The first-order valence-corrected chi connectivity index (χ1v) is 8.95. The number of nitro groups is 1. The first kappa shape index (κ1) is 20.2. The van der Waals surface area contributed by atoms with Crippen LogP contribution < -0.4 is 9.57 Å². The van der Waals surface area contributed by atoms with Gasteiger partial charge >= 0.3 is 6.61 Å². The summed E-state index contributed by atoms with van der Waals surface area (Å²) in [6.07, 6.45) is 0. The number of hydrazone groups is 1. The van der Waals surface area contributed by atoms with Gasteiger partial charge in [0.1, 0.15) is 5.75 Å². The van der Waals surface area contributed by atoms with Gasteiger partial charge in [-0.05, 0) is 32.0 Å². The number of benzene rings is 2. The molecule has 8 nitrogen and oxygen atoms in total. The second-order valence-electron chi connectivity index (χ2n) is 5.40. The first-order chi connectivity index (χ1) is 12.6. The van der Waals surface area contributed by atoms with Crippen LogP contribution in [-0.4, -0.2) is 25.7 Å². The van der Waals surface area contributed by atoms with Crippen molar-refractivity contribution in [1.82, 2.24) is 4.83 Å². The molecule has 1 N–H and O–H groups in total. The van der Waals surface area contributed by atoms with Gasteiger partial charge in [-0.2, -0.15) is 27.1 Å². The van der Waals surface area contributed by atoms with Gasteiger partial charge in [-0.1, -0.05) is 18.2 Å². The Bertz CT molecular complexity index is 993. The minimum absolute atomic E-state index is 0.103. The molecule has 0 aliphatic carbocycles. The van der Waals surface area contributed by atoms with Crippen LogP contribution in [0.3, 0.4) is 0 Å². The van der Waals surface area contributed by atoms with Gasteiger partial charge in [0, 0.05) is 17.2 Å². The monoisotopic (exact) mass is 399 g/mol. The average Bonchev–Trinajstić information content (AvgIpc) is 2.59. The topological polar surface area (TPSA) is 111 Å². The average molecular weight is 399 g/mol. The Kier molecular flexibility index (Phi) is 6.05. The highest BCUT2D eigenvalue weighted by atomic mass is 32.2. The highest BCUT2D eigenvalue weighted by molar-refractivity contribution is 7.89. The van der Waals surface area contributed by atoms with Crippen LogP contribution in [0.4, 0.5) is 14.5 Å². The SMILES string of the molecule is C/C(=N/NS(=O)(=O)c1ccc(C)c([N+](=O)[O-])c1)c1cccc(OC(F)F)c1. The van der Waals surface area contributed by atoms with E-state index in [0.717, 1.165) is 6.07 Å². The number of nitro benzene ring substituents is 1. The van der Waals surface area contributed by atoms with Crippen LogP contribution in [0.2, 0.25) is 0 Å². The van der Waals surface area contributed by atoms with Crippen molar-refractivity contribution in [2.45, 2.75) is 25.4 Å². The maximum absolute atomic E-state index is 12.3. The fourth-order valence-electron chi connectivity index (χ4n) is 2.10. The van der Waals surface area contributed by atoms with E-state index >= 15 is 0 Å². The minimum atomic E-state index is -4.16. The second-order valence-corrected chi connectivity index (χ2v) is 7.06. The molecule has 0 atom stereocenters. The van der Waals surface area contributed by atoms with Crippen LogP contribution in [0.25, 0.3) is 0 Å². The number of ether oxygens (including phenoxy) is 1. The molecule has 144 valence electrons. The number of rotatable bonds is 7. The van der Waals surface area contributed by atoms with Gasteiger partial charge in [0.05, 0.1) is 15.5 Å². The van der Waals surface area contributed by atoms with Gasteiger partial charge in [-0.3, -0.25) is 10.1 Å². The number of halogens is 2. The molecule has 11 heteroatoms. The Morgan fingerprint density at radius 3 is 2.59 bits per heavy atom. The van der Waals surface area contributed by atoms with Gasteiger partial charge in [0.25, 0.3) is 15.7 Å². The molecule has 0 aliphatic heterocycles. The van der Waals surface area contributed by atoms with E-state index in [1.807, 2.05) is 4.83 Å². The lowest BCUT2D eigenvalue weighted by molar-refractivity contribution is -0.385. The van der Waals surface area contributed by atoms with Crippen LogP contribution in [-0.2, 0) is 10.0 Å². The van der Waals surface area contributed by atoms with E-state index in [2.05, 4.69) is 9.84 Å². The van der Waals surface area contributed by atoms with Crippen molar-refractivity contribution in [3.63, 3.8) is 0 Å². The van der Waals surface area contributed by atoms with Gasteiger partial charge in [-0.25, -0.2) is 0 Å². The molecule has 2 aromatic carbocycles. The third-order valence-electron chi connectivity index (χ3n) is 3.50. The zero-order chi connectivity index (χ0) is 20.2. The molecular weight excluding hydrogens is 384 g/mol. The number of aryl methyl sites for hydroxylation is 1. The Balaban J connectivity index is 2.25. The molecular formula is C16H15F2N3O5S. The molecule has 2 aromatic rings. The molecule has 0 unspecified atom stereocenters. The zero-order valence-electron chi connectivity index (χ0n) is 14.2. The second kappa shape index (κ2) is 8.08. The summed E-state index contributed by atoms with van der Waals surface area (Å²) in [6, 6.07) is 9.03. The number of sulfonamides is 1. The lowest BCUT2D eigenvalue weighted by atomic mass is 10.1. The van der Waals surface area contributed by atoms with Gasteiger partial charge < -0.3 is 4.74 Å². The van der Waals surface area contributed by atoms with Crippen LogP contribution in [0.5, 0.6) is 5.75 Å². The van der Waals surface area contributed by atoms with Gasteiger partial charge in [-0.15, -0.1) is 0 Å². The molecule has 0 bridgehead atoms. The van der Waals surface area contributed by atoms with Crippen molar-refractivity contribution >= 4 is 21.4 Å². The van der Waals surface area contributed by atoms with Crippen molar-refractivity contribution in [2.24, 2.45) is 5.10 Å². The summed E-state index contributed by atoms with van der Waals surface area (Å²) < 4.78 is 53.4. The number of alkyl halides is 2. The predicted molar refractivity (Wildman–Crippen MR) is 93.4 cm³/mol. The fourth-order valence-corrected chi connectivity index (χ4v) is 2.97. The van der Waals surface area contributed by atoms with E-state index in [1.165, 1.54) is 50.2 Å². The summed E-state index contributed by atoms with van der Waals surface area (Å²) in [5, 5.41) is 14.7. The van der Waals surface area contributed by atoms with E-state index in [0.29, 0.717) is 11.1 Å². The normalized spacial score (nSPS) is 12.1. The molecule has 0 heterocycles. The molecule has 0 amide bonds. The van der Waals surface area contributed by atoms with Crippen molar-refractivity contribution in [1.29, 1.82) is 0 Å². The summed E-state index contributed by atoms with van der Waals surface area (Å²) in [7, 11) is -4.16. The summed E-state index contributed by atoms with van der Waals surface area (Å²) in [5.74, 6) is -0.103. The molecule has 0 spiro atoms. The largest absolute Gasteiger partial charge is 0.435 e. The van der Waals surface area contributed by atoms with Crippen molar-refractivity contribution < 1.29 is 26.9 Å². The van der Waals surface area contributed by atoms with E-state index in [9.17, 15) is 27.3 Å². The molecule has 0 aliphatic rings. The molecule has 2 rings (SSSR count). The lowest BCUT2D eigenvalue weighted by Gasteiger charge is -2.08. The standard InChI is InChI=1S/C16H15F2N3O5S/c1-10-6-7-14(9-15(10)21(22)23)27(24,25)20-19-11(2)12-4-3-5-13(8-12)26-16(17)18/h3-9,16,20H,1-2H3/b19-11-. The number of nitrogens with zero attached hydrogens (tertiary/aromatic N) is 2. The van der Waals surface area contributed by atoms with Crippen molar-refractivity contribution in [2.75, 3.05) is 0 Å². The maximum atomic E-state index is 12.3. The Labute approximate surface area is 153 Å². The number of hydrogen-bond acceptors (Lipinski definition) is 6. The van der Waals surface area contributed by atoms with Gasteiger partial charge in [0.15, 0.2) is 0 Å². The number of hydrogen-bond donors (Lipinski definition) is 1. The minimum Gasteiger partial charge on any atom is -0.435 e. The summed E-state index contributed by atoms with van der Waals surface area (Å²) in [4.78, 5) is 11.9. The fraction of sp³-hybridized carbons (Fsp3) is 0.188. The Hall–Kier alpha value is -3.08. The highest BCUT2D eigenvalue weighted by Gasteiger charge is 2.19. The van der Waals surface area contributed by atoms with Crippen molar-refractivity contribution in [3.8, 4) is 5.75 Å². The number of nitrogens with one attached hydrogen (secondary N) is 1. The molecule has 0 radical (unpaired) electrons. The summed E-state index contributed by atoms with van der Waals surface area (Å²) in [5.41, 5.74) is 0.510. The third kappa shape index (κ3) is 5.20. The lowest BCUT2D eigenvalue weighted by Crippen LogP contribution is -2.20. The zero-order valence-corrected chi connectivity index (χ0v) is 15.0. The van der Waals surface area contributed by atoms with E-state index < -0.39 is 21.6 Å². The summed E-state index contributed by atoms with van der Waals surface area (Å²) >= 11 is 0. The van der Waals surface area contributed by atoms with Crippen LogP contribution in [0, 0.1) is 17.0 Å². The maximum Gasteiger partial charge on any atom is 0.387 e. The Morgan fingerprint density at radius 1 is 1.26 bits per heavy atom. The van der Waals surface area contributed by atoms with Crippen LogP contribution >= 0.6 is 0 Å². The van der Waals surface area contributed by atoms with Crippen LogP contribution in [0.15, 0.2) is 52.5 Å². The molecule has 0 aromatic heterocycles. The molecule has 0 saturated carbocycles. The summed E-state index contributed by atoms with van der Waals surface area (Å²) in [6.45, 7) is -0.0475. The predicted octanol–water partition coefficient (Wildman–Crippen LogP) is 3.21. The van der Waals surface area contributed by atoms with Gasteiger partial charge in [0.2, 0.25) is 0 Å². The molecule has 0 saturated heterocycles. The Morgan fingerprint density at radius 2 is 1.96 bits per heavy atom. The van der Waals surface area contributed by atoms with Crippen molar-refractivity contribution in [3.05, 3.63) is 63.7 Å². The van der Waals surface area contributed by atoms with E-state index in [4.69, 9.17) is 0 Å². The van der Waals surface area contributed by atoms with E-state index in [1.54, 1.807) is 0 Å². The highest BCUT2D eigenvalue weighted by Crippen LogP contribution is 2.22. The van der Waals surface area contributed by atoms with E-state index in [-0.39, 0.29) is 22.0 Å². The molecule has 27 heavy (non-hydrogen) atoms.